The minimum atomic E-state index is 0.101. The predicted molar refractivity (Wildman–Crippen MR) is 119 cm³/mol. The van der Waals surface area contributed by atoms with Gasteiger partial charge in [-0.15, -0.1) is 0 Å². The van der Waals surface area contributed by atoms with E-state index in [0.717, 1.165) is 63.2 Å². The van der Waals surface area contributed by atoms with Crippen LogP contribution in [0.4, 0.5) is 11.4 Å². The van der Waals surface area contributed by atoms with Gasteiger partial charge >= 0.3 is 0 Å². The van der Waals surface area contributed by atoms with Crippen LogP contribution in [-0.4, -0.2) is 42.9 Å². The lowest BCUT2D eigenvalue weighted by molar-refractivity contribution is -0.136. The van der Waals surface area contributed by atoms with Crippen molar-refractivity contribution in [2.45, 2.75) is 71.1 Å². The van der Waals surface area contributed by atoms with E-state index >= 15 is 0 Å². The molecule has 0 radical (unpaired) electrons. The second-order valence-electron chi connectivity index (χ2n) is 8.55. The van der Waals surface area contributed by atoms with Gasteiger partial charge in [-0.3, -0.25) is 9.59 Å². The van der Waals surface area contributed by atoms with Crippen LogP contribution in [0.15, 0.2) is 24.3 Å². The van der Waals surface area contributed by atoms with Gasteiger partial charge in [0.1, 0.15) is 0 Å². The van der Waals surface area contributed by atoms with E-state index in [9.17, 15) is 9.59 Å². The Kier molecular flexibility index (Phi) is 8.38. The highest BCUT2D eigenvalue weighted by molar-refractivity contribution is 5.90. The lowest BCUT2D eigenvalue weighted by Gasteiger charge is -2.38. The second kappa shape index (κ2) is 11.2. The number of amides is 2. The molecule has 2 amide bonds. The van der Waals surface area contributed by atoms with E-state index in [-0.39, 0.29) is 11.8 Å². The SMILES string of the molecule is CCCCCCC(=O)Nc1ccc(N2CCN(C(=O)C3CCCCC3)CC2)cc1. The van der Waals surface area contributed by atoms with Gasteiger partial charge in [0.05, 0.1) is 0 Å². The molecule has 29 heavy (non-hydrogen) atoms. The molecule has 1 aromatic rings. The highest BCUT2D eigenvalue weighted by Gasteiger charge is 2.28. The molecule has 160 valence electrons. The molecule has 1 N–H and O–H groups in total. The van der Waals surface area contributed by atoms with Crippen LogP contribution < -0.4 is 10.2 Å². The van der Waals surface area contributed by atoms with E-state index < -0.39 is 0 Å². The number of anilines is 2. The summed E-state index contributed by atoms with van der Waals surface area (Å²) >= 11 is 0. The summed E-state index contributed by atoms with van der Waals surface area (Å²) in [6, 6.07) is 8.12. The fourth-order valence-corrected chi connectivity index (χ4v) is 4.48. The molecular formula is C24H37N3O2. The van der Waals surface area contributed by atoms with Crippen LogP contribution in [0.5, 0.6) is 0 Å². The van der Waals surface area contributed by atoms with E-state index in [1.807, 2.05) is 12.1 Å². The minimum absolute atomic E-state index is 0.101. The Labute approximate surface area is 175 Å². The summed E-state index contributed by atoms with van der Waals surface area (Å²) < 4.78 is 0. The van der Waals surface area contributed by atoms with Crippen molar-refractivity contribution in [2.75, 3.05) is 36.4 Å². The molecule has 0 aromatic heterocycles. The minimum Gasteiger partial charge on any atom is -0.368 e. The van der Waals surface area contributed by atoms with Gasteiger partial charge < -0.3 is 15.1 Å². The summed E-state index contributed by atoms with van der Waals surface area (Å²) in [7, 11) is 0. The maximum atomic E-state index is 12.7. The molecule has 3 rings (SSSR count). The fourth-order valence-electron chi connectivity index (χ4n) is 4.48. The second-order valence-corrected chi connectivity index (χ2v) is 8.55. The molecule has 1 aromatic carbocycles. The van der Waals surface area contributed by atoms with E-state index in [1.54, 1.807) is 0 Å². The monoisotopic (exact) mass is 399 g/mol. The lowest BCUT2D eigenvalue weighted by Crippen LogP contribution is -2.50. The van der Waals surface area contributed by atoms with Gasteiger partial charge in [0, 0.05) is 49.9 Å². The first-order valence-electron chi connectivity index (χ1n) is 11.6. The number of benzene rings is 1. The number of hydrogen-bond donors (Lipinski definition) is 1. The van der Waals surface area contributed by atoms with Gasteiger partial charge in [-0.1, -0.05) is 45.4 Å². The van der Waals surface area contributed by atoms with Crippen LogP contribution in [0.3, 0.4) is 0 Å². The van der Waals surface area contributed by atoms with Crippen molar-refractivity contribution in [3.05, 3.63) is 24.3 Å². The molecule has 5 nitrogen and oxygen atoms in total. The molecule has 1 saturated carbocycles. The number of unbranched alkanes of at least 4 members (excludes halogenated alkanes) is 3. The highest BCUT2D eigenvalue weighted by Crippen LogP contribution is 2.26. The summed E-state index contributed by atoms with van der Waals surface area (Å²) in [5.41, 5.74) is 2.02. The number of nitrogens with zero attached hydrogens (tertiary/aromatic N) is 2. The standard InChI is InChI=1S/C24H37N3O2/c1-2-3-4-8-11-23(28)25-21-12-14-22(15-13-21)26-16-18-27(19-17-26)24(29)20-9-6-5-7-10-20/h12-15,20H,2-11,16-19H2,1H3,(H,25,28). The van der Waals surface area contributed by atoms with Crippen molar-refractivity contribution in [3.63, 3.8) is 0 Å². The number of hydrogen-bond acceptors (Lipinski definition) is 3. The topological polar surface area (TPSA) is 52.7 Å². The summed E-state index contributed by atoms with van der Waals surface area (Å²) in [4.78, 5) is 29.2. The summed E-state index contributed by atoms with van der Waals surface area (Å²) in [5.74, 6) is 0.741. The maximum absolute atomic E-state index is 12.7. The first-order chi connectivity index (χ1) is 14.2. The van der Waals surface area contributed by atoms with Gasteiger partial charge in [-0.05, 0) is 43.5 Å². The molecule has 0 spiro atoms. The van der Waals surface area contributed by atoms with E-state index in [2.05, 4.69) is 34.2 Å². The Hall–Kier alpha value is -2.04. The third-order valence-electron chi connectivity index (χ3n) is 6.32. The Balaban J connectivity index is 1.42. The zero-order valence-corrected chi connectivity index (χ0v) is 18.0. The molecule has 1 aliphatic carbocycles. The van der Waals surface area contributed by atoms with Gasteiger partial charge in [-0.2, -0.15) is 0 Å². The highest BCUT2D eigenvalue weighted by atomic mass is 16.2. The zero-order valence-electron chi connectivity index (χ0n) is 18.0. The van der Waals surface area contributed by atoms with E-state index in [0.29, 0.717) is 12.3 Å². The fraction of sp³-hybridized carbons (Fsp3) is 0.667. The van der Waals surface area contributed by atoms with Crippen molar-refractivity contribution in [3.8, 4) is 0 Å². The Morgan fingerprint density at radius 1 is 0.931 bits per heavy atom. The number of piperazine rings is 1. The Bertz CT molecular complexity index is 645. The number of nitrogens with one attached hydrogen (secondary N) is 1. The number of carbonyl (C=O) groups is 2. The molecule has 2 fully saturated rings. The normalized spacial score (nSPS) is 18.0. The van der Waals surface area contributed by atoms with Gasteiger partial charge in [0.25, 0.3) is 0 Å². The molecule has 0 unspecified atom stereocenters. The predicted octanol–water partition coefficient (Wildman–Crippen LogP) is 4.82. The molecule has 5 heteroatoms. The number of carbonyl (C=O) groups excluding carboxylic acids is 2. The Morgan fingerprint density at radius 3 is 2.28 bits per heavy atom. The summed E-state index contributed by atoms with van der Waals surface area (Å²) in [6.45, 7) is 5.55. The van der Waals surface area contributed by atoms with Gasteiger partial charge in [0.2, 0.25) is 11.8 Å². The smallest absolute Gasteiger partial charge is 0.225 e. The quantitative estimate of drug-likeness (QED) is 0.637. The first-order valence-corrected chi connectivity index (χ1v) is 11.6. The molecular weight excluding hydrogens is 362 g/mol. The average Bonchev–Trinajstić information content (AvgIpc) is 2.77. The number of rotatable bonds is 8. The third-order valence-corrected chi connectivity index (χ3v) is 6.32. The summed E-state index contributed by atoms with van der Waals surface area (Å²) in [5, 5.41) is 3.00. The van der Waals surface area contributed by atoms with Crippen LogP contribution in [0, 0.1) is 5.92 Å². The van der Waals surface area contributed by atoms with Gasteiger partial charge in [-0.25, -0.2) is 0 Å². The molecule has 0 bridgehead atoms. The molecule has 0 atom stereocenters. The lowest BCUT2D eigenvalue weighted by atomic mass is 9.88. The van der Waals surface area contributed by atoms with Crippen molar-refractivity contribution < 1.29 is 9.59 Å². The Morgan fingerprint density at radius 2 is 1.62 bits per heavy atom. The van der Waals surface area contributed by atoms with Gasteiger partial charge in [0.15, 0.2) is 0 Å². The van der Waals surface area contributed by atoms with Crippen molar-refractivity contribution in [2.24, 2.45) is 5.92 Å². The van der Waals surface area contributed by atoms with Crippen LogP contribution in [-0.2, 0) is 9.59 Å². The van der Waals surface area contributed by atoms with E-state index in [4.69, 9.17) is 0 Å². The average molecular weight is 400 g/mol. The van der Waals surface area contributed by atoms with Crippen LogP contribution in [0.1, 0.15) is 71.1 Å². The largest absolute Gasteiger partial charge is 0.368 e. The molecule has 1 aliphatic heterocycles. The van der Waals surface area contributed by atoms with Crippen molar-refractivity contribution in [1.29, 1.82) is 0 Å². The molecule has 1 saturated heterocycles. The molecule has 2 aliphatic rings. The van der Waals surface area contributed by atoms with Crippen LogP contribution >= 0.6 is 0 Å². The van der Waals surface area contributed by atoms with Crippen molar-refractivity contribution in [1.82, 2.24) is 4.90 Å². The van der Waals surface area contributed by atoms with Crippen LogP contribution in [0.2, 0.25) is 0 Å². The third kappa shape index (κ3) is 6.48. The maximum Gasteiger partial charge on any atom is 0.225 e. The summed E-state index contributed by atoms with van der Waals surface area (Å²) in [6.07, 6.45) is 10.9. The molecule has 1 heterocycles. The van der Waals surface area contributed by atoms with Crippen molar-refractivity contribution >= 4 is 23.2 Å². The first kappa shape index (κ1) is 21.7. The van der Waals surface area contributed by atoms with Crippen LogP contribution in [0.25, 0.3) is 0 Å². The van der Waals surface area contributed by atoms with E-state index in [1.165, 1.54) is 32.1 Å². The zero-order chi connectivity index (χ0) is 20.5.